The first-order chi connectivity index (χ1) is 12.1. The lowest BCUT2D eigenvalue weighted by Crippen LogP contribution is -2.27. The van der Waals surface area contributed by atoms with Crippen LogP contribution in [0.1, 0.15) is 18.5 Å². The molecule has 25 heavy (non-hydrogen) atoms. The molecule has 0 saturated carbocycles. The minimum Gasteiger partial charge on any atom is -0.340 e. The van der Waals surface area contributed by atoms with E-state index in [9.17, 15) is 9.59 Å². The lowest BCUT2D eigenvalue weighted by molar-refractivity contribution is -0.132. The van der Waals surface area contributed by atoms with Crippen LogP contribution in [-0.2, 0) is 16.1 Å². The molecule has 0 saturated heterocycles. The average Bonchev–Trinajstić information content (AvgIpc) is 3.34. The van der Waals surface area contributed by atoms with Crippen molar-refractivity contribution in [1.29, 1.82) is 0 Å². The van der Waals surface area contributed by atoms with Crippen molar-refractivity contribution in [3.63, 3.8) is 0 Å². The lowest BCUT2D eigenvalue weighted by atomic mass is 10.2. The molecule has 1 N–H and O–H groups in total. The predicted octanol–water partition coefficient (Wildman–Crippen LogP) is 3.10. The second kappa shape index (κ2) is 8.28. The Balaban J connectivity index is 1.47. The third-order valence-electron chi connectivity index (χ3n) is 3.28. The number of carbonyl (C=O) groups is 2. The number of thiophene rings is 1. The molecule has 0 fully saturated rings. The molecule has 0 aromatic carbocycles. The van der Waals surface area contributed by atoms with Crippen LogP contribution in [0, 0.1) is 0 Å². The number of thiazole rings is 1. The summed E-state index contributed by atoms with van der Waals surface area (Å²) in [6.07, 6.45) is 0.253. The summed E-state index contributed by atoms with van der Waals surface area (Å²) in [4.78, 5) is 31.2. The van der Waals surface area contributed by atoms with Gasteiger partial charge in [-0.1, -0.05) is 17.4 Å². The van der Waals surface area contributed by atoms with Crippen molar-refractivity contribution in [3.8, 4) is 9.88 Å². The van der Waals surface area contributed by atoms with E-state index in [2.05, 4.69) is 20.5 Å². The molecule has 0 atom stereocenters. The zero-order chi connectivity index (χ0) is 17.6. The van der Waals surface area contributed by atoms with Crippen LogP contribution in [0.15, 0.2) is 28.4 Å². The van der Waals surface area contributed by atoms with Crippen molar-refractivity contribution < 1.29 is 9.59 Å². The molecule has 0 aliphatic carbocycles. The molecule has 130 valence electrons. The topological polar surface area (TPSA) is 88.1 Å². The van der Waals surface area contributed by atoms with Gasteiger partial charge in [0.1, 0.15) is 10.5 Å². The van der Waals surface area contributed by atoms with Crippen molar-refractivity contribution in [2.24, 2.45) is 0 Å². The zero-order valence-electron chi connectivity index (χ0n) is 13.3. The van der Waals surface area contributed by atoms with Crippen molar-refractivity contribution in [2.75, 3.05) is 12.4 Å². The fourth-order valence-corrected chi connectivity index (χ4v) is 4.13. The summed E-state index contributed by atoms with van der Waals surface area (Å²) in [6, 6.07) is 4.02. The largest absolute Gasteiger partial charge is 0.340 e. The summed E-state index contributed by atoms with van der Waals surface area (Å²) >= 11 is 4.45. The Labute approximate surface area is 156 Å². The van der Waals surface area contributed by atoms with Gasteiger partial charge in [-0.3, -0.25) is 9.59 Å². The summed E-state index contributed by atoms with van der Waals surface area (Å²) in [7, 11) is 1.72. The first-order valence-corrected chi connectivity index (χ1v) is 10.0. The summed E-state index contributed by atoms with van der Waals surface area (Å²) < 4.78 is 0. The standard InChI is InChI=1S/C15H15N5O2S3/c1-20(7-10-8-24-14(17-10)11-3-2-6-23-11)13(22)5-4-12(21)18-15-19-16-9-25-15/h2-3,6,8-9H,4-5,7H2,1H3,(H,18,19,21). The minimum atomic E-state index is -0.243. The Bertz CT molecular complexity index is 829. The molecular weight excluding hydrogens is 378 g/mol. The highest BCUT2D eigenvalue weighted by atomic mass is 32.1. The van der Waals surface area contributed by atoms with Gasteiger partial charge in [0, 0.05) is 25.3 Å². The fourth-order valence-electron chi connectivity index (χ4n) is 2.04. The van der Waals surface area contributed by atoms with Crippen molar-refractivity contribution in [3.05, 3.63) is 34.1 Å². The molecule has 3 rings (SSSR count). The van der Waals surface area contributed by atoms with Crippen LogP contribution in [-0.4, -0.2) is 38.9 Å². The highest BCUT2D eigenvalue weighted by molar-refractivity contribution is 7.20. The first kappa shape index (κ1) is 17.6. The van der Waals surface area contributed by atoms with Gasteiger partial charge in [0.05, 0.1) is 17.1 Å². The monoisotopic (exact) mass is 393 g/mol. The quantitative estimate of drug-likeness (QED) is 0.666. The van der Waals surface area contributed by atoms with Crippen molar-refractivity contribution >= 4 is 51.0 Å². The van der Waals surface area contributed by atoms with Crippen LogP contribution in [0.2, 0.25) is 0 Å². The van der Waals surface area contributed by atoms with Crippen LogP contribution >= 0.6 is 34.0 Å². The fraction of sp³-hybridized carbons (Fsp3) is 0.267. The van der Waals surface area contributed by atoms with E-state index < -0.39 is 0 Å². The van der Waals surface area contributed by atoms with E-state index in [0.29, 0.717) is 11.7 Å². The normalized spacial score (nSPS) is 10.6. The molecule has 3 heterocycles. The Kier molecular flexibility index (Phi) is 5.84. The van der Waals surface area contributed by atoms with E-state index in [1.807, 2.05) is 22.9 Å². The molecule has 0 aliphatic heterocycles. The van der Waals surface area contributed by atoms with Gasteiger partial charge >= 0.3 is 0 Å². The molecule has 0 bridgehead atoms. The molecule has 7 nitrogen and oxygen atoms in total. The second-order valence-corrected chi connectivity index (χ2v) is 7.80. The SMILES string of the molecule is CN(Cc1csc(-c2cccs2)n1)C(=O)CCC(=O)Nc1nncs1. The van der Waals surface area contributed by atoms with Gasteiger partial charge in [-0.15, -0.1) is 32.9 Å². The summed E-state index contributed by atoms with van der Waals surface area (Å²) in [5.41, 5.74) is 2.38. The van der Waals surface area contributed by atoms with Crippen LogP contribution < -0.4 is 5.32 Å². The number of nitrogens with zero attached hydrogens (tertiary/aromatic N) is 4. The third-order valence-corrected chi connectivity index (χ3v) is 5.82. The highest BCUT2D eigenvalue weighted by Crippen LogP contribution is 2.28. The first-order valence-electron chi connectivity index (χ1n) is 7.40. The lowest BCUT2D eigenvalue weighted by Gasteiger charge is -2.15. The molecule has 0 radical (unpaired) electrons. The Morgan fingerprint density at radius 1 is 1.24 bits per heavy atom. The summed E-state index contributed by atoms with van der Waals surface area (Å²) in [6.45, 7) is 0.429. The number of rotatable bonds is 7. The Morgan fingerprint density at radius 2 is 2.12 bits per heavy atom. The maximum atomic E-state index is 12.2. The molecule has 0 aliphatic rings. The van der Waals surface area contributed by atoms with Crippen LogP contribution in [0.5, 0.6) is 0 Å². The maximum Gasteiger partial charge on any atom is 0.226 e. The van der Waals surface area contributed by atoms with E-state index in [1.165, 1.54) is 16.8 Å². The van der Waals surface area contributed by atoms with E-state index in [-0.39, 0.29) is 24.7 Å². The molecule has 2 amide bonds. The van der Waals surface area contributed by atoms with E-state index in [0.717, 1.165) is 15.6 Å². The molecule has 0 spiro atoms. The molecule has 0 unspecified atom stereocenters. The van der Waals surface area contributed by atoms with E-state index >= 15 is 0 Å². The van der Waals surface area contributed by atoms with Crippen LogP contribution in [0.4, 0.5) is 5.13 Å². The number of amides is 2. The number of aromatic nitrogens is 3. The maximum absolute atomic E-state index is 12.2. The van der Waals surface area contributed by atoms with E-state index in [4.69, 9.17) is 0 Å². The van der Waals surface area contributed by atoms with Crippen LogP contribution in [0.25, 0.3) is 9.88 Å². The zero-order valence-corrected chi connectivity index (χ0v) is 15.8. The highest BCUT2D eigenvalue weighted by Gasteiger charge is 2.14. The van der Waals surface area contributed by atoms with Gasteiger partial charge in [0.2, 0.25) is 16.9 Å². The van der Waals surface area contributed by atoms with E-state index in [1.54, 1.807) is 34.6 Å². The second-order valence-electron chi connectivity index (χ2n) is 5.16. The number of nitrogens with one attached hydrogen (secondary N) is 1. The number of hydrogen-bond acceptors (Lipinski definition) is 8. The van der Waals surface area contributed by atoms with Crippen molar-refractivity contribution in [2.45, 2.75) is 19.4 Å². The van der Waals surface area contributed by atoms with Gasteiger partial charge in [0.25, 0.3) is 0 Å². The average molecular weight is 394 g/mol. The van der Waals surface area contributed by atoms with Gasteiger partial charge < -0.3 is 10.2 Å². The molecular formula is C15H15N5O2S3. The number of carbonyl (C=O) groups excluding carboxylic acids is 2. The smallest absolute Gasteiger partial charge is 0.226 e. The molecule has 3 aromatic rings. The number of anilines is 1. The Morgan fingerprint density at radius 3 is 2.84 bits per heavy atom. The number of hydrogen-bond donors (Lipinski definition) is 1. The summed E-state index contributed by atoms with van der Waals surface area (Å²) in [5.74, 6) is -0.342. The van der Waals surface area contributed by atoms with Crippen molar-refractivity contribution in [1.82, 2.24) is 20.1 Å². The molecule has 10 heteroatoms. The minimum absolute atomic E-state index is 0.0990. The van der Waals surface area contributed by atoms with Gasteiger partial charge in [-0.05, 0) is 11.4 Å². The van der Waals surface area contributed by atoms with Gasteiger partial charge in [-0.2, -0.15) is 0 Å². The predicted molar refractivity (Wildman–Crippen MR) is 99.7 cm³/mol. The molecule has 3 aromatic heterocycles. The van der Waals surface area contributed by atoms with Gasteiger partial charge in [-0.25, -0.2) is 4.98 Å². The Hall–Kier alpha value is -2.17. The summed E-state index contributed by atoms with van der Waals surface area (Å²) in [5, 5.41) is 15.4. The van der Waals surface area contributed by atoms with Crippen LogP contribution in [0.3, 0.4) is 0 Å². The third kappa shape index (κ3) is 4.91. The van der Waals surface area contributed by atoms with Gasteiger partial charge in [0.15, 0.2) is 0 Å².